The fraction of sp³-hybridized carbons (Fsp3) is 0. The van der Waals surface area contributed by atoms with Gasteiger partial charge in [0, 0.05) is 0 Å². The molecule has 0 fully saturated rings. The summed E-state index contributed by atoms with van der Waals surface area (Å²) in [7, 11) is -3.63. The average Bonchev–Trinajstić information content (AvgIpc) is 0.811. The van der Waals surface area contributed by atoms with E-state index in [9.17, 15) is 4.11 Å². The molecule has 1 N–H and O–H groups in total. The minimum atomic E-state index is -3.63. The fourth-order valence-corrected chi connectivity index (χ4v) is 0. The number of hydrogen-bond acceptors (Lipinski definition) is 1. The van der Waals surface area contributed by atoms with E-state index in [1.165, 1.54) is 0 Å². The first kappa shape index (κ1) is 15.7. The van der Waals surface area contributed by atoms with Gasteiger partial charge in [0.15, 0.2) is 0 Å². The Morgan fingerprint density at radius 3 is 1.67 bits per heavy atom. The second-order valence-electron chi connectivity index (χ2n) is 0.253. The quantitative estimate of drug-likeness (QED) is 0.311. The second kappa shape index (κ2) is 10.2. The Balaban J connectivity index is -0.0000000450. The summed E-state index contributed by atoms with van der Waals surface area (Å²) in [5.74, 6) is 0. The average molecular weight is 147 g/mol. The molecule has 0 spiro atoms. The van der Waals surface area contributed by atoms with Gasteiger partial charge in [-0.05, 0) is 0 Å². The number of rotatable bonds is 0. The monoisotopic (exact) mass is 146 g/mol. The molecule has 0 aliphatic heterocycles. The molecule has 0 aromatic rings. The van der Waals surface area contributed by atoms with Crippen LogP contribution in [0.1, 0.15) is 0 Å². The maximum absolute atomic E-state index is 10.1. The van der Waals surface area contributed by atoms with Crippen LogP contribution in [-0.2, 0) is 4.46 Å². The smallest absolute Gasteiger partial charge is 0.316 e. The van der Waals surface area contributed by atoms with Crippen LogP contribution in [0.5, 0.6) is 0 Å². The van der Waals surface area contributed by atoms with E-state index >= 15 is 0 Å². The van der Waals surface area contributed by atoms with Crippen LogP contribution < -0.4 is 0 Å². The molecular formula is H4FKMgO2Si. The Kier molecular flexibility index (Phi) is 26.7. The van der Waals surface area contributed by atoms with Crippen molar-refractivity contribution in [2.75, 3.05) is 0 Å². The van der Waals surface area contributed by atoms with Crippen molar-refractivity contribution in [3.8, 4) is 0 Å². The van der Waals surface area contributed by atoms with Crippen LogP contribution in [0, 0.1) is 0 Å². The van der Waals surface area contributed by atoms with Crippen LogP contribution in [0.25, 0.3) is 0 Å². The third-order valence-corrected chi connectivity index (χ3v) is 0. The van der Waals surface area contributed by atoms with E-state index in [0.717, 1.165) is 0 Å². The van der Waals surface area contributed by atoms with E-state index in [0.29, 0.717) is 0 Å². The predicted octanol–water partition coefficient (Wildman–Crippen LogP) is -2.20. The molecule has 0 unspecified atom stereocenters. The summed E-state index contributed by atoms with van der Waals surface area (Å²) in [6.45, 7) is 0. The molecule has 0 aromatic heterocycles. The predicted molar refractivity (Wildman–Crippen MR) is 25.5 cm³/mol. The molecule has 0 heterocycles. The zero-order chi connectivity index (χ0) is 3.58. The Morgan fingerprint density at radius 2 is 1.67 bits per heavy atom. The topological polar surface area (TPSA) is 37.3 Å². The van der Waals surface area contributed by atoms with E-state index in [1.807, 2.05) is 0 Å². The van der Waals surface area contributed by atoms with Gasteiger partial charge in [0.25, 0.3) is 0 Å². The van der Waals surface area contributed by atoms with Gasteiger partial charge < -0.3 is 4.80 Å². The van der Waals surface area contributed by atoms with E-state index < -0.39 is 9.26 Å². The first-order valence-corrected chi connectivity index (χ1v) is 1.85. The molecule has 0 radical (unpaired) electrons. The molecule has 6 heavy (non-hydrogen) atoms. The van der Waals surface area contributed by atoms with Gasteiger partial charge in [0.05, 0.1) is 0 Å². The SMILES string of the molecule is O=[Si](O)F.[KH].[MgH2]. The largest absolute Gasteiger partial charge is 0.316 e. The van der Waals surface area contributed by atoms with Crippen LogP contribution in [-0.4, -0.2) is 88.5 Å². The Morgan fingerprint density at radius 1 is 1.67 bits per heavy atom. The summed E-state index contributed by atoms with van der Waals surface area (Å²) >= 11 is 0. The van der Waals surface area contributed by atoms with Gasteiger partial charge >= 0.3 is 83.7 Å². The molecule has 0 atom stereocenters. The minimum Gasteiger partial charge on any atom is 0.316 e. The molecule has 0 rings (SSSR count). The van der Waals surface area contributed by atoms with Crippen LogP contribution >= 0.6 is 0 Å². The molecule has 0 saturated heterocycles. The van der Waals surface area contributed by atoms with Gasteiger partial charge in [-0.1, -0.05) is 0 Å². The van der Waals surface area contributed by atoms with Gasteiger partial charge in [0.1, 0.15) is 0 Å². The Hall–Kier alpha value is 2.15. The molecule has 0 aliphatic rings. The summed E-state index contributed by atoms with van der Waals surface area (Å²) in [5.41, 5.74) is 0. The molecule has 0 bridgehead atoms. The standard InChI is InChI=1S/FHO2Si.K.Mg.3H/c1-4(2)3;;;;;/h2H;;;;;. The van der Waals surface area contributed by atoms with Gasteiger partial charge in [-0.15, -0.1) is 0 Å². The van der Waals surface area contributed by atoms with Crippen molar-refractivity contribution in [3.63, 3.8) is 0 Å². The Labute approximate surface area is 95.0 Å². The maximum atomic E-state index is 10.1. The molecule has 6 heteroatoms. The van der Waals surface area contributed by atoms with Crippen molar-refractivity contribution in [2.45, 2.75) is 0 Å². The molecule has 0 saturated carbocycles. The van der Waals surface area contributed by atoms with Crippen LogP contribution in [0.15, 0.2) is 0 Å². The fourth-order valence-electron chi connectivity index (χ4n) is 0. The summed E-state index contributed by atoms with van der Waals surface area (Å²) in [6, 6.07) is 0. The van der Waals surface area contributed by atoms with Gasteiger partial charge in [0.2, 0.25) is 0 Å². The number of halogens is 1. The normalized spacial score (nSPS) is 4.17. The minimum absolute atomic E-state index is 0. The summed E-state index contributed by atoms with van der Waals surface area (Å²) < 4.78 is 18.6. The van der Waals surface area contributed by atoms with Crippen molar-refractivity contribution >= 4 is 83.7 Å². The molecule has 30 valence electrons. The van der Waals surface area contributed by atoms with Crippen molar-refractivity contribution in [2.24, 2.45) is 0 Å². The molecule has 2 nitrogen and oxygen atoms in total. The molecule has 0 aliphatic carbocycles. The molecule has 0 amide bonds. The summed E-state index contributed by atoms with van der Waals surface area (Å²) in [4.78, 5) is 6.94. The van der Waals surface area contributed by atoms with Crippen molar-refractivity contribution in [1.82, 2.24) is 0 Å². The maximum Gasteiger partial charge on any atom is 0.316 e. The molecule has 0 aromatic carbocycles. The first-order chi connectivity index (χ1) is 1.73. The van der Waals surface area contributed by atoms with E-state index in [1.54, 1.807) is 0 Å². The van der Waals surface area contributed by atoms with E-state index in [2.05, 4.69) is 0 Å². The van der Waals surface area contributed by atoms with E-state index in [4.69, 9.17) is 9.26 Å². The number of hydrogen-bond donors (Lipinski definition) is 1. The second-order valence-corrected chi connectivity index (χ2v) is 0.759. The van der Waals surface area contributed by atoms with E-state index in [-0.39, 0.29) is 74.4 Å². The van der Waals surface area contributed by atoms with Crippen LogP contribution in [0.4, 0.5) is 4.11 Å². The van der Waals surface area contributed by atoms with Crippen molar-refractivity contribution in [3.05, 3.63) is 0 Å². The molecular weight excluding hydrogens is 142 g/mol. The van der Waals surface area contributed by atoms with Gasteiger partial charge in [-0.3, -0.25) is 4.46 Å². The van der Waals surface area contributed by atoms with Crippen LogP contribution in [0.3, 0.4) is 0 Å². The Bertz CT molecular complexity index is 36.5. The van der Waals surface area contributed by atoms with Crippen LogP contribution in [0.2, 0.25) is 0 Å². The third kappa shape index (κ3) is 35.3. The summed E-state index contributed by atoms with van der Waals surface area (Å²) in [6.07, 6.45) is 0. The zero-order valence-electron chi connectivity index (χ0n) is 1.73. The van der Waals surface area contributed by atoms with Crippen molar-refractivity contribution < 1.29 is 13.4 Å². The third-order valence-electron chi connectivity index (χ3n) is 0. The zero-order valence-corrected chi connectivity index (χ0v) is 2.73. The van der Waals surface area contributed by atoms with Crippen molar-refractivity contribution in [1.29, 1.82) is 0 Å². The summed E-state index contributed by atoms with van der Waals surface area (Å²) in [5, 5.41) is 0. The first-order valence-electron chi connectivity index (χ1n) is 0.617. The van der Waals surface area contributed by atoms with Gasteiger partial charge in [-0.25, -0.2) is 0 Å². The van der Waals surface area contributed by atoms with Gasteiger partial charge in [-0.2, -0.15) is 4.11 Å².